The van der Waals surface area contributed by atoms with Crippen molar-refractivity contribution in [2.45, 2.75) is 32.7 Å². The van der Waals surface area contributed by atoms with Crippen LogP contribution >= 0.6 is 0 Å². The third-order valence-corrected chi connectivity index (χ3v) is 7.30. The Hall–Kier alpha value is -4.32. The Labute approximate surface area is 215 Å². The van der Waals surface area contributed by atoms with Crippen molar-refractivity contribution in [1.29, 1.82) is 5.26 Å². The largest absolute Gasteiger partial charge is 0.347 e. The maximum absolute atomic E-state index is 13.5. The van der Waals surface area contributed by atoms with Crippen LogP contribution in [0.5, 0.6) is 0 Å². The first kappa shape index (κ1) is 24.4. The number of aliphatic imine (C=N–C) groups is 1. The smallest absolute Gasteiger partial charge is 0.270 e. The zero-order valence-electron chi connectivity index (χ0n) is 21.1. The minimum atomic E-state index is -0.473. The van der Waals surface area contributed by atoms with E-state index < -0.39 is 5.41 Å². The fraction of sp³-hybridized carbons (Fsp3) is 0.357. The highest BCUT2D eigenvalue weighted by Gasteiger charge is 2.55. The molecule has 0 unspecified atom stereocenters. The van der Waals surface area contributed by atoms with E-state index in [0.29, 0.717) is 36.0 Å². The summed E-state index contributed by atoms with van der Waals surface area (Å²) < 4.78 is 1.70. The second-order valence-corrected chi connectivity index (χ2v) is 9.99. The number of hydrogen-bond donors (Lipinski definition) is 1. The molecule has 5 rings (SSSR count). The molecule has 1 aromatic carbocycles. The molecule has 1 saturated carbocycles. The first-order valence-electron chi connectivity index (χ1n) is 12.4. The SMILES string of the molecule is C=NC[C@@]1(C2CC2)CCN(c2cc(C)nc(C(=O)NCc3cc(C#N)cc(-c4cnn(C)c4)c3)c2)C1=O. The van der Waals surface area contributed by atoms with Gasteiger partial charge < -0.3 is 10.2 Å². The lowest BCUT2D eigenvalue weighted by atomic mass is 9.81. The number of pyridine rings is 1. The summed E-state index contributed by atoms with van der Waals surface area (Å²) >= 11 is 0. The molecule has 1 atom stereocenters. The molecule has 37 heavy (non-hydrogen) atoms. The van der Waals surface area contributed by atoms with Gasteiger partial charge in [0.25, 0.3) is 5.91 Å². The zero-order valence-corrected chi connectivity index (χ0v) is 21.1. The Morgan fingerprint density at radius 3 is 2.76 bits per heavy atom. The second kappa shape index (κ2) is 9.62. The zero-order chi connectivity index (χ0) is 26.2. The molecule has 3 aromatic rings. The van der Waals surface area contributed by atoms with Gasteiger partial charge in [0, 0.05) is 43.3 Å². The summed E-state index contributed by atoms with van der Waals surface area (Å²) in [6, 6.07) is 11.2. The van der Waals surface area contributed by atoms with Crippen LogP contribution < -0.4 is 10.2 Å². The van der Waals surface area contributed by atoms with Gasteiger partial charge in [-0.2, -0.15) is 10.4 Å². The molecule has 2 aromatic heterocycles. The molecule has 2 fully saturated rings. The van der Waals surface area contributed by atoms with Crippen molar-refractivity contribution in [2.75, 3.05) is 18.0 Å². The van der Waals surface area contributed by atoms with Gasteiger partial charge in [-0.25, -0.2) is 4.98 Å². The van der Waals surface area contributed by atoms with Crippen molar-refractivity contribution in [3.05, 3.63) is 65.2 Å². The highest BCUT2D eigenvalue weighted by atomic mass is 16.2. The van der Waals surface area contributed by atoms with Gasteiger partial charge in [0.15, 0.2) is 0 Å². The Morgan fingerprint density at radius 1 is 1.27 bits per heavy atom. The third-order valence-electron chi connectivity index (χ3n) is 7.30. The Bertz CT molecular complexity index is 1430. The van der Waals surface area contributed by atoms with E-state index in [-0.39, 0.29) is 24.1 Å². The molecule has 0 spiro atoms. The molecular weight excluding hydrogens is 466 g/mol. The van der Waals surface area contributed by atoms with Gasteiger partial charge in [-0.05, 0) is 80.3 Å². The van der Waals surface area contributed by atoms with E-state index >= 15 is 0 Å². The molecule has 0 bridgehead atoms. The number of nitriles is 1. The second-order valence-electron chi connectivity index (χ2n) is 9.99. The molecule has 9 nitrogen and oxygen atoms in total. The number of amides is 2. The minimum Gasteiger partial charge on any atom is -0.347 e. The molecule has 2 amide bonds. The van der Waals surface area contributed by atoms with Gasteiger partial charge in [0.1, 0.15) is 5.69 Å². The molecule has 0 radical (unpaired) electrons. The Morgan fingerprint density at radius 2 is 2.08 bits per heavy atom. The van der Waals surface area contributed by atoms with Crippen molar-refractivity contribution in [3.63, 3.8) is 0 Å². The van der Waals surface area contributed by atoms with Crippen molar-refractivity contribution < 1.29 is 9.59 Å². The first-order valence-corrected chi connectivity index (χ1v) is 12.4. The van der Waals surface area contributed by atoms with E-state index in [1.165, 1.54) is 0 Å². The fourth-order valence-corrected chi connectivity index (χ4v) is 5.32. The highest BCUT2D eigenvalue weighted by molar-refractivity contribution is 6.02. The van der Waals surface area contributed by atoms with Crippen molar-refractivity contribution >= 4 is 24.2 Å². The molecule has 1 aliphatic heterocycles. The minimum absolute atomic E-state index is 0.0654. The van der Waals surface area contributed by atoms with Gasteiger partial charge in [0.05, 0.1) is 29.8 Å². The Kier molecular flexibility index (Phi) is 6.34. The lowest BCUT2D eigenvalue weighted by Gasteiger charge is -2.26. The molecule has 1 N–H and O–H groups in total. The number of nitrogens with one attached hydrogen (secondary N) is 1. The highest BCUT2D eigenvalue weighted by Crippen LogP contribution is 2.52. The number of carbonyl (C=O) groups excluding carboxylic acids is 2. The number of anilines is 1. The fourth-order valence-electron chi connectivity index (χ4n) is 5.32. The van der Waals surface area contributed by atoms with Crippen LogP contribution in [-0.2, 0) is 18.4 Å². The van der Waals surface area contributed by atoms with Crippen LogP contribution in [0.4, 0.5) is 5.69 Å². The lowest BCUT2D eigenvalue weighted by Crippen LogP contribution is -2.38. The summed E-state index contributed by atoms with van der Waals surface area (Å²) in [5, 5.41) is 16.6. The standard InChI is InChI=1S/C28H29N7O2/c1-18-8-24(35-7-6-28(17-30-2,27(35)37)23-4-5-23)12-25(33-18)26(36)31-14-20-9-19(13-29)10-21(11-20)22-15-32-34(3)16-22/h8-12,15-16,23H,2,4-7,14,17H2,1,3H3,(H,31,36)/t28-/m1/s1. The van der Waals surface area contributed by atoms with E-state index in [1.54, 1.807) is 34.0 Å². The van der Waals surface area contributed by atoms with Crippen LogP contribution in [0.25, 0.3) is 11.1 Å². The lowest BCUT2D eigenvalue weighted by molar-refractivity contribution is -0.126. The molecule has 9 heteroatoms. The van der Waals surface area contributed by atoms with E-state index in [1.807, 2.05) is 32.3 Å². The van der Waals surface area contributed by atoms with Crippen LogP contribution in [0.15, 0.2) is 47.7 Å². The maximum Gasteiger partial charge on any atom is 0.270 e. The number of nitrogens with zero attached hydrogens (tertiary/aromatic N) is 6. The van der Waals surface area contributed by atoms with Gasteiger partial charge in [-0.3, -0.25) is 19.3 Å². The summed E-state index contributed by atoms with van der Waals surface area (Å²) in [5.41, 5.74) is 4.15. The number of rotatable bonds is 8. The van der Waals surface area contributed by atoms with Crippen molar-refractivity contribution in [2.24, 2.45) is 23.4 Å². The first-order chi connectivity index (χ1) is 17.8. The monoisotopic (exact) mass is 495 g/mol. The van der Waals surface area contributed by atoms with Gasteiger partial charge in [0.2, 0.25) is 5.91 Å². The number of carbonyl (C=O) groups is 2. The summed E-state index contributed by atoms with van der Waals surface area (Å²) in [6.07, 6.45) is 6.45. The topological polar surface area (TPSA) is 116 Å². The summed E-state index contributed by atoms with van der Waals surface area (Å²) in [6.45, 7) is 6.71. The van der Waals surface area contributed by atoms with Gasteiger partial charge in [-0.1, -0.05) is 0 Å². The average Bonchev–Trinajstić information content (AvgIpc) is 3.58. The predicted molar refractivity (Wildman–Crippen MR) is 140 cm³/mol. The number of aromatic nitrogens is 3. The number of aryl methyl sites for hydroxylation is 2. The van der Waals surface area contributed by atoms with Gasteiger partial charge in [-0.15, -0.1) is 0 Å². The van der Waals surface area contributed by atoms with Crippen molar-refractivity contribution in [3.8, 4) is 17.2 Å². The molecule has 3 heterocycles. The van der Waals surface area contributed by atoms with E-state index in [2.05, 4.69) is 33.2 Å². The van der Waals surface area contributed by atoms with E-state index in [4.69, 9.17) is 0 Å². The molecule has 1 aliphatic carbocycles. The van der Waals surface area contributed by atoms with Crippen molar-refractivity contribution in [1.82, 2.24) is 20.1 Å². The van der Waals surface area contributed by atoms with Crippen LogP contribution in [0.1, 0.15) is 46.6 Å². The van der Waals surface area contributed by atoms with E-state index in [9.17, 15) is 14.9 Å². The molecular formula is C28H29N7O2. The summed E-state index contributed by atoms with van der Waals surface area (Å²) in [4.78, 5) is 36.9. The van der Waals surface area contributed by atoms with E-state index in [0.717, 1.165) is 36.0 Å². The summed E-state index contributed by atoms with van der Waals surface area (Å²) in [5.74, 6) is 0.0839. The molecule has 1 saturated heterocycles. The van der Waals surface area contributed by atoms with Crippen LogP contribution in [0, 0.1) is 29.6 Å². The van der Waals surface area contributed by atoms with Crippen LogP contribution in [0.2, 0.25) is 0 Å². The van der Waals surface area contributed by atoms with Crippen LogP contribution in [0.3, 0.4) is 0 Å². The molecule has 2 aliphatic rings. The normalized spacial score (nSPS) is 19.1. The third kappa shape index (κ3) is 4.75. The Balaban J connectivity index is 1.34. The predicted octanol–water partition coefficient (Wildman–Crippen LogP) is 3.43. The number of benzene rings is 1. The molecule has 188 valence electrons. The average molecular weight is 496 g/mol. The van der Waals surface area contributed by atoms with Crippen LogP contribution in [-0.4, -0.2) is 46.4 Å². The quantitative estimate of drug-likeness (QED) is 0.481. The summed E-state index contributed by atoms with van der Waals surface area (Å²) in [7, 11) is 1.83. The van der Waals surface area contributed by atoms with Gasteiger partial charge >= 0.3 is 0 Å². The number of hydrogen-bond acceptors (Lipinski definition) is 6. The maximum atomic E-state index is 13.5.